The van der Waals surface area contributed by atoms with Crippen molar-refractivity contribution in [2.45, 2.75) is 13.8 Å². The molecule has 1 rings (SSSR count). The van der Waals surface area contributed by atoms with E-state index in [4.69, 9.17) is 0 Å². The zero-order valence-corrected chi connectivity index (χ0v) is 11.7. The van der Waals surface area contributed by atoms with Gasteiger partial charge in [-0.2, -0.15) is 0 Å². The first-order valence-electron chi connectivity index (χ1n) is 4.70. The highest BCUT2D eigenvalue weighted by Crippen LogP contribution is 2.28. The lowest BCUT2D eigenvalue weighted by molar-refractivity contribution is 0.385. The van der Waals surface area contributed by atoms with E-state index >= 15 is 0 Å². The first-order chi connectivity index (χ1) is 7.88. The molecule has 1 fully saturated rings. The average Bonchev–Trinajstić information content (AvgIpc) is 2.52. The first-order valence-corrected chi connectivity index (χ1v) is 8.80. The van der Waals surface area contributed by atoms with Crippen molar-refractivity contribution in [3.8, 4) is 0 Å². The zero-order valence-electron chi connectivity index (χ0n) is 9.24. The van der Waals surface area contributed by atoms with Crippen LogP contribution in [-0.4, -0.2) is 28.3 Å². The molecule has 0 aliphatic carbocycles. The van der Waals surface area contributed by atoms with Crippen LogP contribution in [0, 0.1) is 0 Å². The third-order valence-electron chi connectivity index (χ3n) is 1.67. The van der Waals surface area contributed by atoms with E-state index in [1.54, 1.807) is 13.8 Å². The first kappa shape index (κ1) is 14.4. The van der Waals surface area contributed by atoms with Crippen molar-refractivity contribution in [3.05, 3.63) is 22.3 Å². The average molecular weight is 300 g/mol. The third-order valence-corrected chi connectivity index (χ3v) is 4.53. The Labute approximate surface area is 105 Å². The fourth-order valence-corrected chi connectivity index (χ4v) is 2.88. The van der Waals surface area contributed by atoms with Crippen molar-refractivity contribution in [2.24, 2.45) is 0 Å². The SMILES string of the molecule is CCS(=O)C=C1OS(=O)(=O)OC1=CS(=O)CC. The molecule has 0 aromatic carbocycles. The zero-order chi connectivity index (χ0) is 13.1. The van der Waals surface area contributed by atoms with Crippen LogP contribution in [0.1, 0.15) is 13.8 Å². The van der Waals surface area contributed by atoms with E-state index in [1.807, 2.05) is 0 Å². The lowest BCUT2D eigenvalue weighted by atomic mass is 10.5. The standard InChI is InChI=1S/C8H12O6S3/c1-3-15(9)5-7-8(6-16(10)4-2)14-17(11,12)13-7/h5-6H,3-4H2,1-2H3. The van der Waals surface area contributed by atoms with Crippen LogP contribution in [0.4, 0.5) is 0 Å². The Morgan fingerprint density at radius 2 is 1.35 bits per heavy atom. The fraction of sp³-hybridized carbons (Fsp3) is 0.500. The van der Waals surface area contributed by atoms with Crippen molar-refractivity contribution in [3.63, 3.8) is 0 Å². The summed E-state index contributed by atoms with van der Waals surface area (Å²) in [5.41, 5.74) is 0. The van der Waals surface area contributed by atoms with Gasteiger partial charge in [0.05, 0.1) is 10.8 Å². The minimum absolute atomic E-state index is 0.174. The number of hydrogen-bond acceptors (Lipinski definition) is 6. The predicted molar refractivity (Wildman–Crippen MR) is 64.6 cm³/mol. The fourth-order valence-electron chi connectivity index (χ4n) is 0.880. The van der Waals surface area contributed by atoms with E-state index in [9.17, 15) is 16.8 Å². The Hall–Kier alpha value is -0.670. The Kier molecular flexibility index (Phi) is 4.90. The van der Waals surface area contributed by atoms with Gasteiger partial charge in [0.25, 0.3) is 0 Å². The molecule has 1 saturated heterocycles. The van der Waals surface area contributed by atoms with Crippen LogP contribution in [0.2, 0.25) is 0 Å². The van der Waals surface area contributed by atoms with Gasteiger partial charge in [-0.05, 0) is 0 Å². The molecule has 0 bridgehead atoms. The predicted octanol–water partition coefficient (Wildman–Crippen LogP) is 0.498. The smallest absolute Gasteiger partial charge is 0.348 e. The molecular weight excluding hydrogens is 288 g/mol. The Morgan fingerprint density at radius 3 is 1.65 bits per heavy atom. The normalized spacial score (nSPS) is 26.5. The second-order valence-corrected chi connectivity index (χ2v) is 7.18. The molecule has 0 N–H and O–H groups in total. The van der Waals surface area contributed by atoms with Crippen molar-refractivity contribution in [1.29, 1.82) is 0 Å². The van der Waals surface area contributed by atoms with E-state index in [-0.39, 0.29) is 11.5 Å². The van der Waals surface area contributed by atoms with Gasteiger partial charge in [0.1, 0.15) is 0 Å². The summed E-state index contributed by atoms with van der Waals surface area (Å²) >= 11 is 0. The van der Waals surface area contributed by atoms with Crippen LogP contribution >= 0.6 is 0 Å². The molecule has 1 aliphatic heterocycles. The van der Waals surface area contributed by atoms with Gasteiger partial charge in [-0.3, -0.25) is 8.42 Å². The second kappa shape index (κ2) is 5.78. The number of rotatable bonds is 4. The summed E-state index contributed by atoms with van der Waals surface area (Å²) in [6, 6.07) is 0. The van der Waals surface area contributed by atoms with E-state index in [1.165, 1.54) is 0 Å². The molecule has 17 heavy (non-hydrogen) atoms. The lowest BCUT2D eigenvalue weighted by Gasteiger charge is -1.94. The van der Waals surface area contributed by atoms with Gasteiger partial charge in [-0.15, -0.1) is 8.42 Å². The highest BCUT2D eigenvalue weighted by atomic mass is 32.3. The van der Waals surface area contributed by atoms with E-state index in [2.05, 4.69) is 8.37 Å². The minimum atomic E-state index is -4.16. The van der Waals surface area contributed by atoms with E-state index in [0.717, 1.165) is 10.8 Å². The Morgan fingerprint density at radius 1 is 1.00 bits per heavy atom. The molecule has 98 valence electrons. The van der Waals surface area contributed by atoms with Gasteiger partial charge in [0.2, 0.25) is 0 Å². The quantitative estimate of drug-likeness (QED) is 0.751. The van der Waals surface area contributed by atoms with Crippen molar-refractivity contribution < 1.29 is 25.2 Å². The van der Waals surface area contributed by atoms with E-state index < -0.39 is 32.0 Å². The van der Waals surface area contributed by atoms with Crippen LogP contribution in [0.3, 0.4) is 0 Å². The molecule has 0 aromatic rings. The summed E-state index contributed by atoms with van der Waals surface area (Å²) in [5.74, 6) is 0.285. The highest BCUT2D eigenvalue weighted by Gasteiger charge is 2.32. The van der Waals surface area contributed by atoms with Crippen molar-refractivity contribution in [1.82, 2.24) is 0 Å². The maximum atomic E-state index is 11.3. The van der Waals surface area contributed by atoms with Crippen LogP contribution in [0.15, 0.2) is 22.3 Å². The second-order valence-electron chi connectivity index (χ2n) is 2.88. The van der Waals surface area contributed by atoms with Crippen LogP contribution in [0.25, 0.3) is 0 Å². The summed E-state index contributed by atoms with van der Waals surface area (Å²) in [6.45, 7) is 3.34. The summed E-state index contributed by atoms with van der Waals surface area (Å²) in [5, 5.41) is 2.26. The molecule has 6 nitrogen and oxygen atoms in total. The Balaban J connectivity index is 3.10. The largest absolute Gasteiger partial charge is 0.501 e. The molecule has 1 aliphatic rings. The van der Waals surface area contributed by atoms with Crippen LogP contribution < -0.4 is 0 Å². The maximum Gasteiger partial charge on any atom is 0.501 e. The molecule has 1 heterocycles. The van der Waals surface area contributed by atoms with Gasteiger partial charge in [-0.25, -0.2) is 0 Å². The third kappa shape index (κ3) is 4.25. The van der Waals surface area contributed by atoms with Gasteiger partial charge < -0.3 is 8.37 Å². The molecule has 2 atom stereocenters. The van der Waals surface area contributed by atoms with Gasteiger partial charge in [0, 0.05) is 33.1 Å². The van der Waals surface area contributed by atoms with E-state index in [0.29, 0.717) is 11.5 Å². The summed E-state index contributed by atoms with van der Waals surface area (Å²) in [4.78, 5) is 0. The molecule has 0 saturated carbocycles. The molecule has 0 aromatic heterocycles. The number of hydrogen-bond donors (Lipinski definition) is 0. The Bertz CT molecular complexity index is 461. The van der Waals surface area contributed by atoms with Crippen molar-refractivity contribution >= 4 is 32.0 Å². The molecular formula is C8H12O6S3. The van der Waals surface area contributed by atoms with Gasteiger partial charge in [0.15, 0.2) is 11.5 Å². The molecule has 9 heteroatoms. The lowest BCUT2D eigenvalue weighted by Crippen LogP contribution is -1.95. The minimum Gasteiger partial charge on any atom is -0.348 e. The summed E-state index contributed by atoms with van der Waals surface area (Å²) in [7, 11) is -6.88. The summed E-state index contributed by atoms with van der Waals surface area (Å²) in [6.07, 6.45) is 0. The molecule has 2 unspecified atom stereocenters. The highest BCUT2D eigenvalue weighted by molar-refractivity contribution is 7.88. The maximum absolute atomic E-state index is 11.3. The molecule has 0 spiro atoms. The monoisotopic (exact) mass is 300 g/mol. The van der Waals surface area contributed by atoms with Crippen molar-refractivity contribution in [2.75, 3.05) is 11.5 Å². The van der Waals surface area contributed by atoms with Crippen LogP contribution in [-0.2, 0) is 40.4 Å². The van der Waals surface area contributed by atoms with Gasteiger partial charge >= 0.3 is 10.4 Å². The molecule has 0 radical (unpaired) electrons. The van der Waals surface area contributed by atoms with Gasteiger partial charge in [-0.1, -0.05) is 13.8 Å². The topological polar surface area (TPSA) is 86.7 Å². The molecule has 0 amide bonds. The summed E-state index contributed by atoms with van der Waals surface area (Å²) < 4.78 is 53.7. The van der Waals surface area contributed by atoms with Crippen LogP contribution in [0.5, 0.6) is 0 Å².